The van der Waals surface area contributed by atoms with Gasteiger partial charge in [-0.2, -0.15) is 13.2 Å². The summed E-state index contributed by atoms with van der Waals surface area (Å²) < 4.78 is 37.9. The number of rotatable bonds is 4. The lowest BCUT2D eigenvalue weighted by molar-refractivity contribution is -0.137. The van der Waals surface area contributed by atoms with Crippen molar-refractivity contribution in [2.75, 3.05) is 20.1 Å². The Kier molecular flexibility index (Phi) is 5.10. The molecule has 1 aromatic carbocycles. The van der Waals surface area contributed by atoms with E-state index in [1.807, 2.05) is 5.38 Å². The van der Waals surface area contributed by atoms with Crippen molar-refractivity contribution in [2.45, 2.75) is 19.1 Å². The van der Waals surface area contributed by atoms with E-state index in [9.17, 15) is 18.0 Å². The number of nitrogens with zero attached hydrogens (tertiary/aromatic N) is 2. The van der Waals surface area contributed by atoms with Gasteiger partial charge in [0, 0.05) is 31.1 Å². The first-order valence-corrected chi connectivity index (χ1v) is 8.81. The summed E-state index contributed by atoms with van der Waals surface area (Å²) in [5.74, 6) is 0.0734. The first kappa shape index (κ1) is 17.9. The van der Waals surface area contributed by atoms with Gasteiger partial charge >= 0.3 is 6.18 Å². The molecule has 0 radical (unpaired) electrons. The first-order chi connectivity index (χ1) is 11.9. The number of aromatic nitrogens is 1. The fourth-order valence-electron chi connectivity index (χ4n) is 2.94. The van der Waals surface area contributed by atoms with Crippen LogP contribution in [0.2, 0.25) is 0 Å². The minimum absolute atomic E-state index is 0.0121. The third kappa shape index (κ3) is 4.19. The normalized spacial score (nSPS) is 18.5. The first-order valence-electron chi connectivity index (χ1n) is 7.93. The molecular formula is C17H18F3N3OS. The molecule has 0 spiro atoms. The van der Waals surface area contributed by atoms with Gasteiger partial charge in [-0.15, -0.1) is 11.3 Å². The van der Waals surface area contributed by atoms with Crippen LogP contribution in [0.4, 0.5) is 13.2 Å². The van der Waals surface area contributed by atoms with Gasteiger partial charge in [0.15, 0.2) is 0 Å². The lowest BCUT2D eigenvalue weighted by atomic mass is 10.1. The van der Waals surface area contributed by atoms with Crippen LogP contribution in [-0.2, 0) is 17.5 Å². The fraction of sp³-hybridized carbons (Fsp3) is 0.412. The average Bonchev–Trinajstić information content (AvgIpc) is 3.23. The lowest BCUT2D eigenvalue weighted by Gasteiger charge is -2.13. The zero-order chi connectivity index (χ0) is 18.0. The van der Waals surface area contributed by atoms with E-state index >= 15 is 0 Å². The van der Waals surface area contributed by atoms with Crippen LogP contribution in [0.1, 0.15) is 17.7 Å². The summed E-state index contributed by atoms with van der Waals surface area (Å²) >= 11 is 1.41. The molecule has 2 heterocycles. The third-order valence-corrected chi connectivity index (χ3v) is 5.23. The largest absolute Gasteiger partial charge is 0.416 e. The van der Waals surface area contributed by atoms with Crippen LogP contribution in [0.25, 0.3) is 10.6 Å². The van der Waals surface area contributed by atoms with Crippen molar-refractivity contribution in [3.8, 4) is 10.6 Å². The molecule has 1 fully saturated rings. The zero-order valence-corrected chi connectivity index (χ0v) is 14.5. The molecule has 1 unspecified atom stereocenters. The maximum Gasteiger partial charge on any atom is 0.416 e. The third-order valence-electron chi connectivity index (χ3n) is 4.29. The van der Waals surface area contributed by atoms with E-state index < -0.39 is 11.7 Å². The standard InChI is InChI=1S/C17H18F3N3OS/c1-21-15(24)12-6-7-23(8-12)9-14-10-25-16(22-14)11-2-4-13(5-3-11)17(18,19)20/h2-5,10,12H,6-9H2,1H3,(H,21,24). The molecule has 2 aromatic rings. The molecule has 0 saturated carbocycles. The van der Waals surface area contributed by atoms with Gasteiger partial charge in [-0.25, -0.2) is 4.98 Å². The molecule has 0 aliphatic carbocycles. The summed E-state index contributed by atoms with van der Waals surface area (Å²) in [6.07, 6.45) is -3.50. The van der Waals surface area contributed by atoms with E-state index in [-0.39, 0.29) is 11.8 Å². The van der Waals surface area contributed by atoms with Crippen molar-refractivity contribution >= 4 is 17.2 Å². The number of hydrogen-bond donors (Lipinski definition) is 1. The minimum atomic E-state index is -4.33. The Morgan fingerprint density at radius 2 is 2.08 bits per heavy atom. The van der Waals surface area contributed by atoms with E-state index in [0.717, 1.165) is 30.8 Å². The minimum Gasteiger partial charge on any atom is -0.359 e. The molecule has 1 N–H and O–H groups in total. The smallest absolute Gasteiger partial charge is 0.359 e. The molecule has 4 nitrogen and oxygen atoms in total. The van der Waals surface area contributed by atoms with Crippen molar-refractivity contribution in [3.63, 3.8) is 0 Å². The molecule has 1 atom stereocenters. The van der Waals surface area contributed by atoms with Crippen LogP contribution in [-0.4, -0.2) is 35.9 Å². The maximum absolute atomic E-state index is 12.6. The van der Waals surface area contributed by atoms with Crippen molar-refractivity contribution in [1.82, 2.24) is 15.2 Å². The monoisotopic (exact) mass is 369 g/mol. The van der Waals surface area contributed by atoms with Crippen molar-refractivity contribution < 1.29 is 18.0 Å². The summed E-state index contributed by atoms with van der Waals surface area (Å²) in [4.78, 5) is 18.4. The summed E-state index contributed by atoms with van der Waals surface area (Å²) in [5, 5.41) is 5.29. The van der Waals surface area contributed by atoms with Gasteiger partial charge in [0.1, 0.15) is 5.01 Å². The number of benzene rings is 1. The van der Waals surface area contributed by atoms with Crippen LogP contribution in [0.15, 0.2) is 29.6 Å². The Morgan fingerprint density at radius 1 is 1.36 bits per heavy atom. The van der Waals surface area contributed by atoms with Gasteiger partial charge in [0.2, 0.25) is 5.91 Å². The average molecular weight is 369 g/mol. The molecule has 1 aromatic heterocycles. The Morgan fingerprint density at radius 3 is 2.72 bits per heavy atom. The van der Waals surface area contributed by atoms with Crippen molar-refractivity contribution in [1.29, 1.82) is 0 Å². The van der Waals surface area contributed by atoms with Crippen molar-refractivity contribution in [3.05, 3.63) is 40.9 Å². The molecule has 8 heteroatoms. The predicted octanol–water partition coefficient (Wildman–Crippen LogP) is 3.40. The second-order valence-electron chi connectivity index (χ2n) is 6.05. The van der Waals surface area contributed by atoms with Crippen molar-refractivity contribution in [2.24, 2.45) is 5.92 Å². The fourth-order valence-corrected chi connectivity index (χ4v) is 3.75. The van der Waals surface area contributed by atoms with Crippen LogP contribution in [0.5, 0.6) is 0 Å². The Balaban J connectivity index is 1.64. The summed E-state index contributed by atoms with van der Waals surface area (Å²) in [6.45, 7) is 2.18. The van der Waals surface area contributed by atoms with Crippen LogP contribution >= 0.6 is 11.3 Å². The number of hydrogen-bond acceptors (Lipinski definition) is 4. The molecule has 25 heavy (non-hydrogen) atoms. The van der Waals surface area contributed by atoms with Gasteiger partial charge in [0.25, 0.3) is 0 Å². The van der Waals surface area contributed by atoms with E-state index in [4.69, 9.17) is 0 Å². The SMILES string of the molecule is CNC(=O)C1CCN(Cc2csc(-c3ccc(C(F)(F)F)cc3)n2)C1. The number of nitrogens with one attached hydrogen (secondary N) is 1. The van der Waals surface area contributed by atoms with Crippen LogP contribution in [0.3, 0.4) is 0 Å². The maximum atomic E-state index is 12.6. The molecule has 3 rings (SSSR count). The number of carbonyl (C=O) groups excluding carboxylic acids is 1. The molecule has 1 saturated heterocycles. The van der Waals surface area contributed by atoms with Gasteiger partial charge in [-0.05, 0) is 25.1 Å². The second-order valence-corrected chi connectivity index (χ2v) is 6.91. The molecule has 1 amide bonds. The molecule has 134 valence electrons. The van der Waals surface area contributed by atoms with Gasteiger partial charge in [0.05, 0.1) is 17.2 Å². The Bertz CT molecular complexity index is 742. The molecule has 0 bridgehead atoms. The van der Waals surface area contributed by atoms with E-state index in [1.54, 1.807) is 7.05 Å². The highest BCUT2D eigenvalue weighted by Crippen LogP contribution is 2.32. The van der Waals surface area contributed by atoms with E-state index in [0.29, 0.717) is 23.7 Å². The molecular weight excluding hydrogens is 351 g/mol. The highest BCUT2D eigenvalue weighted by Gasteiger charge is 2.30. The van der Waals surface area contributed by atoms with Crippen LogP contribution in [0, 0.1) is 5.92 Å². The number of carbonyl (C=O) groups is 1. The summed E-state index contributed by atoms with van der Waals surface area (Å²) in [7, 11) is 1.64. The number of alkyl halides is 3. The molecule has 1 aliphatic rings. The lowest BCUT2D eigenvalue weighted by Crippen LogP contribution is -2.30. The highest BCUT2D eigenvalue weighted by molar-refractivity contribution is 7.13. The topological polar surface area (TPSA) is 45.2 Å². The second kappa shape index (κ2) is 7.13. The number of likely N-dealkylation sites (tertiary alicyclic amines) is 1. The summed E-state index contributed by atoms with van der Waals surface area (Å²) in [6, 6.07) is 5.04. The predicted molar refractivity (Wildman–Crippen MR) is 90.0 cm³/mol. The van der Waals surface area contributed by atoms with E-state index in [2.05, 4.69) is 15.2 Å². The Labute approximate surface area is 147 Å². The highest BCUT2D eigenvalue weighted by atomic mass is 32.1. The van der Waals surface area contributed by atoms with E-state index in [1.165, 1.54) is 23.5 Å². The van der Waals surface area contributed by atoms with Crippen LogP contribution < -0.4 is 5.32 Å². The number of amides is 1. The Hall–Kier alpha value is -1.93. The van der Waals surface area contributed by atoms with Gasteiger partial charge < -0.3 is 5.32 Å². The summed E-state index contributed by atoms with van der Waals surface area (Å²) in [5.41, 5.74) is 0.886. The molecule has 1 aliphatic heterocycles. The zero-order valence-electron chi connectivity index (χ0n) is 13.6. The quantitative estimate of drug-likeness (QED) is 0.899. The van der Waals surface area contributed by atoms with Gasteiger partial charge in [-0.3, -0.25) is 9.69 Å². The number of halogens is 3. The number of thiazole rings is 1. The van der Waals surface area contributed by atoms with Gasteiger partial charge in [-0.1, -0.05) is 12.1 Å².